The number of nitrogens with one attached hydrogen (secondary N) is 2. The van der Waals surface area contributed by atoms with Crippen molar-refractivity contribution in [3.63, 3.8) is 0 Å². The highest BCUT2D eigenvalue weighted by atomic mass is 79.9. The second-order valence-electron chi connectivity index (χ2n) is 9.13. The van der Waals surface area contributed by atoms with Crippen LogP contribution in [0.3, 0.4) is 0 Å². The third-order valence-corrected chi connectivity index (χ3v) is 7.40. The Balaban J connectivity index is 1.49. The Morgan fingerprint density at radius 3 is 2.59 bits per heavy atom. The molecule has 1 aliphatic carbocycles. The minimum Gasteiger partial charge on any atom is -0.495 e. The summed E-state index contributed by atoms with van der Waals surface area (Å²) in [5.74, 6) is 1.08. The van der Waals surface area contributed by atoms with Gasteiger partial charge < -0.3 is 19.9 Å². The number of benzene rings is 2. The van der Waals surface area contributed by atoms with Gasteiger partial charge in [0.1, 0.15) is 5.75 Å². The average Bonchev–Trinajstić information content (AvgIpc) is 3.26. The number of methoxy groups -OCH3 is 1. The van der Waals surface area contributed by atoms with Crippen molar-refractivity contribution in [3.05, 3.63) is 81.1 Å². The number of carbonyl (C=O) groups is 1. The topological polar surface area (TPSA) is 81.1 Å². The molecule has 0 fully saturated rings. The number of carbonyl (C=O) groups excluding carboxylic acids is 1. The van der Waals surface area contributed by atoms with Crippen LogP contribution >= 0.6 is 15.9 Å². The Morgan fingerprint density at radius 2 is 1.89 bits per heavy atom. The maximum atomic E-state index is 13.6. The molecule has 4 aromatic rings. The minimum atomic E-state index is -0.0806. The summed E-state index contributed by atoms with van der Waals surface area (Å²) in [5.41, 5.74) is 8.59. The van der Waals surface area contributed by atoms with Gasteiger partial charge in [-0.15, -0.1) is 0 Å². The molecule has 190 valence electrons. The molecule has 8 heteroatoms. The summed E-state index contributed by atoms with van der Waals surface area (Å²) in [6, 6.07) is 12.0. The monoisotopic (exact) mass is 559 g/mol. The largest absolute Gasteiger partial charge is 0.495 e. The van der Waals surface area contributed by atoms with Crippen molar-refractivity contribution in [2.24, 2.45) is 7.05 Å². The number of aromatic nitrogens is 3. The highest BCUT2D eigenvalue weighted by molar-refractivity contribution is 9.10. The van der Waals surface area contributed by atoms with E-state index in [1.54, 1.807) is 7.11 Å². The van der Waals surface area contributed by atoms with Crippen LogP contribution < -0.4 is 15.4 Å². The molecule has 7 nitrogen and oxygen atoms in total. The SMILES string of the molecule is CCc1cccc(CC)c1NC(=O)c1cn(C)c2c1CCc1cnc(Nc3ccc(Br)cc3OC)nc1-2. The highest BCUT2D eigenvalue weighted by Gasteiger charge is 2.28. The summed E-state index contributed by atoms with van der Waals surface area (Å²) in [4.78, 5) is 23.0. The number of fused-ring (bicyclic) bond motifs is 3. The van der Waals surface area contributed by atoms with Crippen LogP contribution in [-0.2, 0) is 32.7 Å². The lowest BCUT2D eigenvalue weighted by atomic mass is 9.92. The molecule has 1 amide bonds. The molecule has 5 rings (SSSR count). The van der Waals surface area contributed by atoms with Crippen LogP contribution in [0.15, 0.2) is 53.3 Å². The van der Waals surface area contributed by atoms with E-state index in [1.807, 2.05) is 42.2 Å². The zero-order valence-corrected chi connectivity index (χ0v) is 23.1. The number of aryl methyl sites for hydroxylation is 4. The van der Waals surface area contributed by atoms with Gasteiger partial charge >= 0.3 is 0 Å². The molecule has 37 heavy (non-hydrogen) atoms. The smallest absolute Gasteiger partial charge is 0.257 e. The van der Waals surface area contributed by atoms with E-state index in [-0.39, 0.29) is 5.91 Å². The predicted molar refractivity (Wildman–Crippen MR) is 151 cm³/mol. The zero-order chi connectivity index (χ0) is 26.1. The van der Waals surface area contributed by atoms with E-state index in [1.165, 1.54) is 0 Å². The molecule has 0 bridgehead atoms. The van der Waals surface area contributed by atoms with E-state index in [9.17, 15) is 4.79 Å². The Kier molecular flexibility index (Phi) is 7.02. The quantitative estimate of drug-likeness (QED) is 0.271. The van der Waals surface area contributed by atoms with Crippen molar-refractivity contribution in [1.29, 1.82) is 0 Å². The molecule has 2 N–H and O–H groups in total. The first-order valence-electron chi connectivity index (χ1n) is 12.5. The van der Waals surface area contributed by atoms with Crippen molar-refractivity contribution in [2.75, 3.05) is 17.7 Å². The van der Waals surface area contributed by atoms with Crippen molar-refractivity contribution in [3.8, 4) is 17.1 Å². The number of nitrogens with zero attached hydrogens (tertiary/aromatic N) is 3. The fourth-order valence-electron chi connectivity index (χ4n) is 5.02. The first-order chi connectivity index (χ1) is 17.9. The Morgan fingerprint density at radius 1 is 1.14 bits per heavy atom. The maximum absolute atomic E-state index is 13.6. The fraction of sp³-hybridized carbons (Fsp3) is 0.276. The molecule has 2 heterocycles. The molecule has 0 aliphatic heterocycles. The van der Waals surface area contributed by atoms with Crippen LogP contribution in [0, 0.1) is 0 Å². The minimum absolute atomic E-state index is 0.0806. The van der Waals surface area contributed by atoms with Gasteiger partial charge in [-0.2, -0.15) is 0 Å². The number of rotatable bonds is 7. The van der Waals surface area contributed by atoms with E-state index in [0.29, 0.717) is 17.3 Å². The third kappa shape index (κ3) is 4.73. The second kappa shape index (κ2) is 10.4. The van der Waals surface area contributed by atoms with E-state index in [0.717, 1.165) is 75.2 Å². The van der Waals surface area contributed by atoms with Crippen molar-refractivity contribution < 1.29 is 9.53 Å². The van der Waals surface area contributed by atoms with Gasteiger partial charge in [-0.1, -0.05) is 48.0 Å². The number of halogens is 1. The number of ether oxygens (including phenoxy) is 1. The molecule has 1 aliphatic rings. The normalized spacial score (nSPS) is 12.0. The van der Waals surface area contributed by atoms with E-state index < -0.39 is 0 Å². The lowest BCUT2D eigenvalue weighted by Crippen LogP contribution is -2.17. The molecular weight excluding hydrogens is 530 g/mol. The van der Waals surface area contributed by atoms with Crippen LogP contribution in [0.25, 0.3) is 11.4 Å². The van der Waals surface area contributed by atoms with Gasteiger partial charge in [0.05, 0.1) is 29.7 Å². The summed E-state index contributed by atoms with van der Waals surface area (Å²) in [5, 5.41) is 6.51. The number of para-hydroxylation sites is 1. The molecule has 0 saturated heterocycles. The summed E-state index contributed by atoms with van der Waals surface area (Å²) < 4.78 is 8.43. The molecule has 0 radical (unpaired) electrons. The highest BCUT2D eigenvalue weighted by Crippen LogP contribution is 2.37. The first kappa shape index (κ1) is 25.0. The van der Waals surface area contributed by atoms with Gasteiger partial charge in [0.15, 0.2) is 0 Å². The van der Waals surface area contributed by atoms with Crippen molar-refractivity contribution >= 4 is 39.2 Å². The van der Waals surface area contributed by atoms with Crippen LogP contribution in [0.1, 0.15) is 46.5 Å². The average molecular weight is 560 g/mol. The second-order valence-corrected chi connectivity index (χ2v) is 10.0. The van der Waals surface area contributed by atoms with Gasteiger partial charge in [0.25, 0.3) is 5.91 Å². The standard InChI is InChI=1S/C29H30BrN5O2/c1-5-17-8-7-9-18(6-2)25(17)33-28(36)22-16-35(3)27-21(22)12-10-19-15-31-29(34-26(19)27)32-23-13-11-20(30)14-24(23)37-4/h7-9,11,13-16H,5-6,10,12H2,1-4H3,(H,33,36)(H,31,32,34). The number of amides is 1. The molecule has 0 atom stereocenters. The van der Waals surface area contributed by atoms with Gasteiger partial charge in [0, 0.05) is 29.6 Å². The van der Waals surface area contributed by atoms with E-state index in [2.05, 4.69) is 63.6 Å². The number of anilines is 3. The molecule has 0 saturated carbocycles. The van der Waals surface area contributed by atoms with E-state index >= 15 is 0 Å². The summed E-state index contributed by atoms with van der Waals surface area (Å²) >= 11 is 3.47. The van der Waals surface area contributed by atoms with E-state index in [4.69, 9.17) is 9.72 Å². The first-order valence-corrected chi connectivity index (χ1v) is 13.3. The van der Waals surface area contributed by atoms with Crippen LogP contribution in [0.4, 0.5) is 17.3 Å². The van der Waals surface area contributed by atoms with Gasteiger partial charge in [0.2, 0.25) is 5.95 Å². The van der Waals surface area contributed by atoms with Crippen LogP contribution in [-0.4, -0.2) is 27.6 Å². The molecular formula is C29H30BrN5O2. The summed E-state index contributed by atoms with van der Waals surface area (Å²) in [6.07, 6.45) is 7.05. The number of hydrogen-bond donors (Lipinski definition) is 2. The van der Waals surface area contributed by atoms with Crippen molar-refractivity contribution in [2.45, 2.75) is 39.5 Å². The molecule has 2 aromatic carbocycles. The lowest BCUT2D eigenvalue weighted by Gasteiger charge is -2.19. The Bertz CT molecular complexity index is 1470. The third-order valence-electron chi connectivity index (χ3n) is 6.91. The summed E-state index contributed by atoms with van der Waals surface area (Å²) in [7, 11) is 3.60. The molecule has 0 spiro atoms. The lowest BCUT2D eigenvalue weighted by molar-refractivity contribution is 0.102. The van der Waals surface area contributed by atoms with Crippen molar-refractivity contribution in [1.82, 2.24) is 14.5 Å². The van der Waals surface area contributed by atoms with Gasteiger partial charge in [-0.25, -0.2) is 9.97 Å². The Hall–Kier alpha value is -3.65. The molecule has 2 aromatic heterocycles. The number of hydrogen-bond acceptors (Lipinski definition) is 5. The van der Waals surface area contributed by atoms with Crippen LogP contribution in [0.2, 0.25) is 0 Å². The van der Waals surface area contributed by atoms with Crippen LogP contribution in [0.5, 0.6) is 5.75 Å². The molecule has 0 unspecified atom stereocenters. The van der Waals surface area contributed by atoms with Gasteiger partial charge in [-0.05, 0) is 66.1 Å². The van der Waals surface area contributed by atoms with Gasteiger partial charge in [-0.3, -0.25) is 4.79 Å². The fourth-order valence-corrected chi connectivity index (χ4v) is 5.36. The zero-order valence-electron chi connectivity index (χ0n) is 21.5. The Labute approximate surface area is 225 Å². The maximum Gasteiger partial charge on any atom is 0.257 e. The summed E-state index contributed by atoms with van der Waals surface area (Å²) in [6.45, 7) is 4.22. The predicted octanol–water partition coefficient (Wildman–Crippen LogP) is 6.47.